The lowest BCUT2D eigenvalue weighted by atomic mass is 10.2. The Morgan fingerprint density at radius 1 is 1.60 bits per heavy atom. The first-order chi connectivity index (χ1) is 9.69. The van der Waals surface area contributed by atoms with Crippen LogP contribution in [0.3, 0.4) is 0 Å². The summed E-state index contributed by atoms with van der Waals surface area (Å²) in [6.45, 7) is 4.59. The molecule has 1 saturated heterocycles. The van der Waals surface area contributed by atoms with E-state index in [1.54, 1.807) is 18.2 Å². The molecule has 0 radical (unpaired) electrons. The van der Waals surface area contributed by atoms with Gasteiger partial charge in [-0.3, -0.25) is 4.79 Å². The topological polar surface area (TPSA) is 59.6 Å². The van der Waals surface area contributed by atoms with Gasteiger partial charge in [0.25, 0.3) is 0 Å². The first kappa shape index (κ1) is 15.1. The number of halogens is 1. The molecule has 1 amide bonds. The van der Waals surface area contributed by atoms with Crippen molar-refractivity contribution in [3.8, 4) is 5.75 Å². The Hall–Kier alpha value is -1.30. The summed E-state index contributed by atoms with van der Waals surface area (Å²) in [6.07, 6.45) is 0.226. The van der Waals surface area contributed by atoms with Crippen molar-refractivity contribution in [1.29, 1.82) is 0 Å². The SMILES string of the molecule is CCOc1ccc(Cl)cc1NC(=O)CC1CNCCO1. The zero-order valence-electron chi connectivity index (χ0n) is 11.4. The highest BCUT2D eigenvalue weighted by Gasteiger charge is 2.18. The Balaban J connectivity index is 1.97. The van der Waals surface area contributed by atoms with E-state index in [0.717, 1.165) is 6.54 Å². The van der Waals surface area contributed by atoms with Crippen molar-refractivity contribution in [2.45, 2.75) is 19.4 Å². The summed E-state index contributed by atoms with van der Waals surface area (Å²) in [5, 5.41) is 6.58. The van der Waals surface area contributed by atoms with Crippen LogP contribution in [0.2, 0.25) is 5.02 Å². The lowest BCUT2D eigenvalue weighted by Gasteiger charge is -2.23. The van der Waals surface area contributed by atoms with Crippen LogP contribution in [0.1, 0.15) is 13.3 Å². The van der Waals surface area contributed by atoms with Crippen LogP contribution in [0.5, 0.6) is 5.75 Å². The Labute approximate surface area is 123 Å². The lowest BCUT2D eigenvalue weighted by molar-refractivity contribution is -0.119. The Morgan fingerprint density at radius 2 is 2.45 bits per heavy atom. The number of hydrogen-bond acceptors (Lipinski definition) is 4. The van der Waals surface area contributed by atoms with Crippen molar-refractivity contribution in [2.24, 2.45) is 0 Å². The van der Waals surface area contributed by atoms with Crippen molar-refractivity contribution in [1.82, 2.24) is 5.32 Å². The maximum Gasteiger partial charge on any atom is 0.227 e. The molecule has 1 aliphatic rings. The van der Waals surface area contributed by atoms with E-state index in [9.17, 15) is 4.79 Å². The number of anilines is 1. The van der Waals surface area contributed by atoms with Gasteiger partial charge in [-0.15, -0.1) is 0 Å². The molecule has 0 saturated carbocycles. The van der Waals surface area contributed by atoms with Crippen LogP contribution >= 0.6 is 11.6 Å². The molecule has 0 aliphatic carbocycles. The lowest BCUT2D eigenvalue weighted by Crippen LogP contribution is -2.40. The Kier molecular flexibility index (Phi) is 5.64. The fraction of sp³-hybridized carbons (Fsp3) is 0.500. The number of hydrogen-bond donors (Lipinski definition) is 2. The molecule has 1 unspecified atom stereocenters. The fourth-order valence-electron chi connectivity index (χ4n) is 2.04. The molecule has 1 aromatic rings. The molecular weight excluding hydrogens is 280 g/mol. The maximum atomic E-state index is 12.0. The van der Waals surface area contributed by atoms with Gasteiger partial charge in [0.2, 0.25) is 5.91 Å². The molecule has 2 rings (SSSR count). The molecule has 5 nitrogen and oxygen atoms in total. The predicted molar refractivity (Wildman–Crippen MR) is 78.5 cm³/mol. The summed E-state index contributed by atoms with van der Waals surface area (Å²) in [7, 11) is 0. The second kappa shape index (κ2) is 7.47. The average molecular weight is 299 g/mol. The number of morpholine rings is 1. The third-order valence-corrected chi connectivity index (χ3v) is 3.17. The smallest absolute Gasteiger partial charge is 0.227 e. The summed E-state index contributed by atoms with van der Waals surface area (Å²) >= 11 is 5.95. The minimum absolute atomic E-state index is 0.0847. The van der Waals surface area contributed by atoms with Gasteiger partial charge in [-0.05, 0) is 25.1 Å². The van der Waals surface area contributed by atoms with E-state index in [1.165, 1.54) is 0 Å². The number of carbonyl (C=O) groups is 1. The average Bonchev–Trinajstić information content (AvgIpc) is 2.43. The first-order valence-corrected chi connectivity index (χ1v) is 7.11. The Bertz CT molecular complexity index is 462. The van der Waals surface area contributed by atoms with E-state index >= 15 is 0 Å². The van der Waals surface area contributed by atoms with Crippen LogP contribution in [0.25, 0.3) is 0 Å². The van der Waals surface area contributed by atoms with Crippen molar-refractivity contribution < 1.29 is 14.3 Å². The van der Waals surface area contributed by atoms with Crippen molar-refractivity contribution in [2.75, 3.05) is 31.6 Å². The van der Waals surface area contributed by atoms with E-state index < -0.39 is 0 Å². The molecule has 0 aromatic heterocycles. The normalized spacial score (nSPS) is 18.6. The van der Waals surface area contributed by atoms with Gasteiger partial charge in [0, 0.05) is 18.1 Å². The molecule has 1 atom stereocenters. The van der Waals surface area contributed by atoms with Gasteiger partial charge in [-0.25, -0.2) is 0 Å². The van der Waals surface area contributed by atoms with E-state index in [4.69, 9.17) is 21.1 Å². The summed E-state index contributed by atoms with van der Waals surface area (Å²) in [5.41, 5.74) is 0.591. The highest BCUT2D eigenvalue weighted by Crippen LogP contribution is 2.28. The molecule has 0 bridgehead atoms. The standard InChI is InChI=1S/C14H19ClN2O3/c1-2-19-13-4-3-10(15)7-12(13)17-14(18)8-11-9-16-5-6-20-11/h3-4,7,11,16H,2,5-6,8-9H2,1H3,(H,17,18). The third kappa shape index (κ3) is 4.37. The first-order valence-electron chi connectivity index (χ1n) is 6.73. The summed E-state index contributed by atoms with van der Waals surface area (Å²) < 4.78 is 11.0. The molecule has 2 N–H and O–H groups in total. The molecule has 1 aromatic carbocycles. The molecular formula is C14H19ClN2O3. The number of benzene rings is 1. The molecule has 1 heterocycles. The number of ether oxygens (including phenoxy) is 2. The van der Waals surface area contributed by atoms with Crippen molar-refractivity contribution >= 4 is 23.2 Å². The van der Waals surface area contributed by atoms with Gasteiger partial charge in [0.15, 0.2) is 0 Å². The van der Waals surface area contributed by atoms with Gasteiger partial charge >= 0.3 is 0 Å². The second-order valence-electron chi connectivity index (χ2n) is 4.52. The monoisotopic (exact) mass is 298 g/mol. The quantitative estimate of drug-likeness (QED) is 0.873. The second-order valence-corrected chi connectivity index (χ2v) is 4.96. The molecule has 0 spiro atoms. The van der Waals surface area contributed by atoms with E-state index in [-0.39, 0.29) is 12.0 Å². The van der Waals surface area contributed by atoms with Gasteiger partial charge in [-0.2, -0.15) is 0 Å². The molecule has 6 heteroatoms. The van der Waals surface area contributed by atoms with Gasteiger partial charge in [-0.1, -0.05) is 11.6 Å². The molecule has 20 heavy (non-hydrogen) atoms. The zero-order valence-corrected chi connectivity index (χ0v) is 12.2. The van der Waals surface area contributed by atoms with Crippen molar-refractivity contribution in [3.05, 3.63) is 23.2 Å². The van der Waals surface area contributed by atoms with Crippen LogP contribution in [0, 0.1) is 0 Å². The van der Waals surface area contributed by atoms with Crippen LogP contribution in [-0.4, -0.2) is 38.3 Å². The van der Waals surface area contributed by atoms with Gasteiger partial charge in [0.05, 0.1) is 31.4 Å². The largest absolute Gasteiger partial charge is 0.492 e. The Morgan fingerprint density at radius 3 is 3.15 bits per heavy atom. The minimum atomic E-state index is -0.109. The van der Waals surface area contributed by atoms with Crippen LogP contribution in [0.4, 0.5) is 5.69 Å². The van der Waals surface area contributed by atoms with E-state index in [0.29, 0.717) is 42.6 Å². The number of carbonyl (C=O) groups excluding carboxylic acids is 1. The molecule has 1 aliphatic heterocycles. The highest BCUT2D eigenvalue weighted by molar-refractivity contribution is 6.31. The predicted octanol–water partition coefficient (Wildman–Crippen LogP) is 2.06. The molecule has 1 fully saturated rings. The van der Waals surface area contributed by atoms with Gasteiger partial charge < -0.3 is 20.1 Å². The summed E-state index contributed by atoms with van der Waals surface area (Å²) in [6, 6.07) is 5.17. The van der Waals surface area contributed by atoms with Crippen molar-refractivity contribution in [3.63, 3.8) is 0 Å². The van der Waals surface area contributed by atoms with Crippen LogP contribution < -0.4 is 15.4 Å². The van der Waals surface area contributed by atoms with E-state index in [2.05, 4.69) is 10.6 Å². The molecule has 110 valence electrons. The minimum Gasteiger partial charge on any atom is -0.492 e. The van der Waals surface area contributed by atoms with E-state index in [1.807, 2.05) is 6.92 Å². The summed E-state index contributed by atoms with van der Waals surface area (Å²) in [4.78, 5) is 12.0. The van der Waals surface area contributed by atoms with Crippen LogP contribution in [0.15, 0.2) is 18.2 Å². The van der Waals surface area contributed by atoms with Crippen LogP contribution in [-0.2, 0) is 9.53 Å². The maximum absolute atomic E-state index is 12.0. The third-order valence-electron chi connectivity index (χ3n) is 2.93. The fourth-order valence-corrected chi connectivity index (χ4v) is 2.21. The number of amides is 1. The summed E-state index contributed by atoms with van der Waals surface area (Å²) in [5.74, 6) is 0.509. The highest BCUT2D eigenvalue weighted by atomic mass is 35.5. The van der Waals surface area contributed by atoms with Gasteiger partial charge in [0.1, 0.15) is 5.75 Å². The number of nitrogens with one attached hydrogen (secondary N) is 2. The zero-order chi connectivity index (χ0) is 14.4. The number of rotatable bonds is 5.